The van der Waals surface area contributed by atoms with Crippen molar-refractivity contribution in [3.63, 3.8) is 0 Å². The van der Waals surface area contributed by atoms with Gasteiger partial charge >= 0.3 is 0 Å². The molecule has 0 bridgehead atoms. The minimum Gasteiger partial charge on any atom is -0.495 e. The van der Waals surface area contributed by atoms with E-state index in [9.17, 15) is 18.0 Å². The molecular formula is C20H23N3O5S2. The molecule has 0 aromatic heterocycles. The number of ether oxygens (including phenoxy) is 1. The highest BCUT2D eigenvalue weighted by atomic mass is 32.2. The zero-order chi connectivity index (χ0) is 21.9. The number of carbonyl (C=O) groups excluding carboxylic acids is 2. The number of sulfonamides is 1. The number of rotatable bonds is 7. The number of nitrogens with one attached hydrogen (secondary N) is 1. The van der Waals surface area contributed by atoms with Gasteiger partial charge in [0.2, 0.25) is 21.8 Å². The maximum atomic E-state index is 12.6. The molecule has 0 saturated carbocycles. The zero-order valence-electron chi connectivity index (χ0n) is 16.9. The van der Waals surface area contributed by atoms with Crippen LogP contribution in [-0.2, 0) is 19.6 Å². The van der Waals surface area contributed by atoms with Crippen LogP contribution in [0, 0.1) is 0 Å². The van der Waals surface area contributed by atoms with Crippen molar-refractivity contribution >= 4 is 45.0 Å². The molecule has 3 rings (SSSR count). The number of para-hydroxylation sites is 1. The van der Waals surface area contributed by atoms with Gasteiger partial charge < -0.3 is 15.0 Å². The average molecular weight is 450 g/mol. The fourth-order valence-electron chi connectivity index (χ4n) is 2.98. The zero-order valence-corrected chi connectivity index (χ0v) is 18.5. The van der Waals surface area contributed by atoms with Gasteiger partial charge in [-0.1, -0.05) is 12.1 Å². The summed E-state index contributed by atoms with van der Waals surface area (Å²) in [7, 11) is 0.646. The quantitative estimate of drug-likeness (QED) is 0.697. The summed E-state index contributed by atoms with van der Waals surface area (Å²) in [6.45, 7) is 0.222. The molecule has 0 atom stereocenters. The Morgan fingerprint density at radius 3 is 2.67 bits per heavy atom. The molecule has 1 N–H and O–H groups in total. The number of fused-ring (bicyclic) bond motifs is 1. The number of methoxy groups -OCH3 is 1. The van der Waals surface area contributed by atoms with Crippen molar-refractivity contribution in [1.29, 1.82) is 0 Å². The van der Waals surface area contributed by atoms with Gasteiger partial charge in [0.25, 0.3) is 0 Å². The van der Waals surface area contributed by atoms with Crippen molar-refractivity contribution < 1.29 is 22.7 Å². The third-order valence-electron chi connectivity index (χ3n) is 4.59. The maximum Gasteiger partial charge on any atom is 0.242 e. The molecule has 30 heavy (non-hydrogen) atoms. The number of amides is 2. The molecular weight excluding hydrogens is 426 g/mol. The number of hydrogen-bond donors (Lipinski definition) is 1. The van der Waals surface area contributed by atoms with Gasteiger partial charge in [-0.05, 0) is 30.3 Å². The first-order valence-electron chi connectivity index (χ1n) is 9.16. The van der Waals surface area contributed by atoms with Crippen molar-refractivity contribution in [3.8, 4) is 5.75 Å². The van der Waals surface area contributed by atoms with Gasteiger partial charge in [-0.25, -0.2) is 12.7 Å². The molecule has 2 aromatic rings. The molecule has 1 heterocycles. The molecule has 160 valence electrons. The topological polar surface area (TPSA) is 96.0 Å². The highest BCUT2D eigenvalue weighted by Crippen LogP contribution is 2.35. The Hall–Kier alpha value is -2.56. The fourth-order valence-corrected chi connectivity index (χ4v) is 4.85. The maximum absolute atomic E-state index is 12.6. The second-order valence-corrected chi connectivity index (χ2v) is 9.92. The van der Waals surface area contributed by atoms with Crippen molar-refractivity contribution in [2.45, 2.75) is 16.2 Å². The summed E-state index contributed by atoms with van der Waals surface area (Å²) in [6, 6.07) is 11.8. The average Bonchev–Trinajstić information content (AvgIpc) is 2.72. The Balaban J connectivity index is 1.74. The van der Waals surface area contributed by atoms with Crippen LogP contribution >= 0.6 is 11.8 Å². The van der Waals surface area contributed by atoms with Gasteiger partial charge in [0, 0.05) is 32.0 Å². The first-order chi connectivity index (χ1) is 14.2. The van der Waals surface area contributed by atoms with E-state index >= 15 is 0 Å². The van der Waals surface area contributed by atoms with Crippen molar-refractivity contribution in [3.05, 3.63) is 42.5 Å². The summed E-state index contributed by atoms with van der Waals surface area (Å²) in [4.78, 5) is 27.5. The summed E-state index contributed by atoms with van der Waals surface area (Å²) in [5.74, 6) is 0.271. The lowest BCUT2D eigenvalue weighted by Crippen LogP contribution is -2.37. The summed E-state index contributed by atoms with van der Waals surface area (Å²) in [6.07, 6.45) is 0.0541. The van der Waals surface area contributed by atoms with Crippen LogP contribution in [0.15, 0.2) is 52.3 Å². The first-order valence-corrected chi connectivity index (χ1v) is 11.6. The predicted molar refractivity (Wildman–Crippen MR) is 117 cm³/mol. The second kappa shape index (κ2) is 9.07. The van der Waals surface area contributed by atoms with E-state index in [2.05, 4.69) is 5.32 Å². The molecule has 1 aliphatic rings. The highest BCUT2D eigenvalue weighted by molar-refractivity contribution is 8.00. The molecule has 8 nitrogen and oxygen atoms in total. The van der Waals surface area contributed by atoms with Gasteiger partial charge in [0.05, 0.1) is 29.1 Å². The lowest BCUT2D eigenvalue weighted by molar-refractivity contribution is -0.117. The molecule has 0 saturated heterocycles. The molecule has 10 heteroatoms. The minimum absolute atomic E-state index is 0.0424. The number of carbonyl (C=O) groups is 2. The number of benzene rings is 2. The van der Waals surface area contributed by atoms with E-state index in [0.717, 1.165) is 14.9 Å². The van der Waals surface area contributed by atoms with Crippen LogP contribution in [0.2, 0.25) is 0 Å². The number of nitrogens with zero attached hydrogens (tertiary/aromatic N) is 2. The lowest BCUT2D eigenvalue weighted by atomic mass is 10.2. The van der Waals surface area contributed by atoms with E-state index in [1.54, 1.807) is 4.90 Å². The smallest absolute Gasteiger partial charge is 0.242 e. The highest BCUT2D eigenvalue weighted by Gasteiger charge is 2.25. The van der Waals surface area contributed by atoms with Crippen LogP contribution in [0.25, 0.3) is 0 Å². The summed E-state index contributed by atoms with van der Waals surface area (Å²) in [5.41, 5.74) is 1.05. The molecule has 0 aliphatic carbocycles. The number of hydrogen-bond acceptors (Lipinski definition) is 6. The normalized spacial score (nSPS) is 13.9. The molecule has 0 fully saturated rings. The third kappa shape index (κ3) is 4.61. The van der Waals surface area contributed by atoms with E-state index in [4.69, 9.17) is 4.74 Å². The minimum atomic E-state index is -3.66. The van der Waals surface area contributed by atoms with Gasteiger partial charge in [0.15, 0.2) is 0 Å². The van der Waals surface area contributed by atoms with Crippen molar-refractivity contribution in [2.24, 2.45) is 0 Å². The van der Waals surface area contributed by atoms with Crippen LogP contribution in [-0.4, -0.2) is 58.0 Å². The molecule has 0 unspecified atom stereocenters. The van der Waals surface area contributed by atoms with Gasteiger partial charge in [-0.3, -0.25) is 9.59 Å². The summed E-state index contributed by atoms with van der Waals surface area (Å²) < 4.78 is 31.1. The molecule has 0 spiro atoms. The lowest BCUT2D eigenvalue weighted by Gasteiger charge is -2.28. The molecule has 2 aromatic carbocycles. The Morgan fingerprint density at radius 2 is 1.97 bits per heavy atom. The summed E-state index contributed by atoms with van der Waals surface area (Å²) in [5, 5.41) is 2.70. The van der Waals surface area contributed by atoms with Gasteiger partial charge in [0.1, 0.15) is 5.75 Å². The molecule has 0 radical (unpaired) electrons. The SMILES string of the molecule is COc1ccc(S(=O)(=O)N(C)C)cc1NC(=O)CCN1C(=O)CSc2ccccc21. The van der Waals surface area contributed by atoms with E-state index in [-0.39, 0.29) is 35.4 Å². The van der Waals surface area contributed by atoms with Crippen LogP contribution in [0.1, 0.15) is 6.42 Å². The Labute approximate surface area is 180 Å². The predicted octanol–water partition coefficient (Wildman–Crippen LogP) is 2.41. The number of anilines is 2. The Bertz CT molecular complexity index is 1070. The van der Waals surface area contributed by atoms with Crippen LogP contribution < -0.4 is 15.0 Å². The second-order valence-electron chi connectivity index (χ2n) is 6.75. The Kier molecular flexibility index (Phi) is 6.69. The largest absolute Gasteiger partial charge is 0.495 e. The van der Waals surface area contributed by atoms with Crippen LogP contribution in [0.5, 0.6) is 5.75 Å². The standard InChI is InChI=1S/C20H23N3O5S2/c1-22(2)30(26,27)14-8-9-17(28-3)15(12-14)21-19(24)10-11-23-16-6-4-5-7-18(16)29-13-20(23)25/h4-9,12H,10-11,13H2,1-3H3,(H,21,24). The van der Waals surface area contributed by atoms with Crippen LogP contribution in [0.4, 0.5) is 11.4 Å². The van der Waals surface area contributed by atoms with Crippen molar-refractivity contribution in [1.82, 2.24) is 4.31 Å². The van der Waals surface area contributed by atoms with E-state index in [0.29, 0.717) is 11.5 Å². The van der Waals surface area contributed by atoms with Gasteiger partial charge in [-0.2, -0.15) is 0 Å². The summed E-state index contributed by atoms with van der Waals surface area (Å²) >= 11 is 1.48. The van der Waals surface area contributed by atoms with E-state index < -0.39 is 10.0 Å². The molecule has 1 aliphatic heterocycles. The number of thioether (sulfide) groups is 1. The van der Waals surface area contributed by atoms with Crippen LogP contribution in [0.3, 0.4) is 0 Å². The first kappa shape index (κ1) is 22.1. The molecule has 2 amide bonds. The van der Waals surface area contributed by atoms with E-state index in [1.165, 1.54) is 51.2 Å². The third-order valence-corrected chi connectivity index (χ3v) is 7.45. The van der Waals surface area contributed by atoms with E-state index in [1.807, 2.05) is 24.3 Å². The van der Waals surface area contributed by atoms with Crippen molar-refractivity contribution in [2.75, 3.05) is 43.7 Å². The van der Waals surface area contributed by atoms with Gasteiger partial charge in [-0.15, -0.1) is 11.8 Å². The monoisotopic (exact) mass is 449 g/mol. The fraction of sp³-hybridized carbons (Fsp3) is 0.300. The Morgan fingerprint density at radius 1 is 1.23 bits per heavy atom.